The van der Waals surface area contributed by atoms with Crippen LogP contribution in [-0.4, -0.2) is 51.6 Å². The van der Waals surface area contributed by atoms with Crippen LogP contribution in [0.1, 0.15) is 10.4 Å². The number of alkyl halides is 2. The van der Waals surface area contributed by atoms with E-state index in [1.54, 1.807) is 0 Å². The van der Waals surface area contributed by atoms with Crippen LogP contribution < -0.4 is 9.84 Å². The summed E-state index contributed by atoms with van der Waals surface area (Å²) < 4.78 is 44.3. The third-order valence-corrected chi connectivity index (χ3v) is 2.47. The molecular weight excluding hydrogens is 318 g/mol. The average molecular weight is 333 g/mol. The molecule has 0 bridgehead atoms. The maximum absolute atomic E-state index is 12.8. The van der Waals surface area contributed by atoms with Crippen LogP contribution in [-0.2, 0) is 19.0 Å². The predicted octanol–water partition coefficient (Wildman–Crippen LogP) is 0.228. The van der Waals surface area contributed by atoms with Crippen molar-refractivity contribution in [2.45, 2.75) is 6.11 Å². The zero-order valence-electron chi connectivity index (χ0n) is 12.3. The zero-order chi connectivity index (χ0) is 17.3. The van der Waals surface area contributed by atoms with Crippen molar-refractivity contribution in [2.24, 2.45) is 0 Å². The number of aliphatic carboxylic acids is 1. The first kappa shape index (κ1) is 18.8. The fraction of sp³-hybridized carbons (Fsp3) is 0.429. The van der Waals surface area contributed by atoms with Gasteiger partial charge in [-0.25, -0.2) is 4.79 Å². The van der Waals surface area contributed by atoms with E-state index in [9.17, 15) is 23.5 Å². The molecule has 23 heavy (non-hydrogen) atoms. The van der Waals surface area contributed by atoms with E-state index in [0.29, 0.717) is 13.2 Å². The standard InChI is InChI=1S/C14H16F2O7/c1-20-6-7-21-8-9-22-12(17)10-2-4-11(5-3-10)23-14(15,16)13(18)19/h2-5H,6-9H2,1H3,(H,18,19)/p-1. The third kappa shape index (κ3) is 6.57. The van der Waals surface area contributed by atoms with Crippen molar-refractivity contribution in [1.29, 1.82) is 0 Å². The molecule has 1 aromatic rings. The minimum absolute atomic E-state index is 0.0174. The van der Waals surface area contributed by atoms with Gasteiger partial charge in [-0.1, -0.05) is 0 Å². The number of carboxylic acid groups (broad SMARTS) is 1. The van der Waals surface area contributed by atoms with Crippen molar-refractivity contribution in [3.05, 3.63) is 29.8 Å². The molecule has 0 aliphatic heterocycles. The summed E-state index contributed by atoms with van der Waals surface area (Å²) >= 11 is 0. The van der Waals surface area contributed by atoms with Crippen molar-refractivity contribution >= 4 is 11.9 Å². The van der Waals surface area contributed by atoms with Crippen LogP contribution in [0.4, 0.5) is 8.78 Å². The smallest absolute Gasteiger partial charge is 0.441 e. The maximum Gasteiger partial charge on any atom is 0.441 e. The molecule has 128 valence electrons. The maximum atomic E-state index is 12.8. The lowest BCUT2D eigenvalue weighted by atomic mass is 10.2. The minimum Gasteiger partial charge on any atom is -0.541 e. The van der Waals surface area contributed by atoms with E-state index in [-0.39, 0.29) is 18.8 Å². The minimum atomic E-state index is -4.46. The predicted molar refractivity (Wildman–Crippen MR) is 70.0 cm³/mol. The quantitative estimate of drug-likeness (QED) is 0.447. The fourth-order valence-corrected chi connectivity index (χ4v) is 1.37. The molecule has 0 saturated heterocycles. The number of methoxy groups -OCH3 is 1. The summed E-state index contributed by atoms with van der Waals surface area (Å²) in [5, 5.41) is 10.1. The van der Waals surface area contributed by atoms with Gasteiger partial charge in [0.15, 0.2) is 5.97 Å². The number of esters is 1. The number of hydrogen-bond acceptors (Lipinski definition) is 7. The number of ether oxygens (including phenoxy) is 4. The van der Waals surface area contributed by atoms with Gasteiger partial charge in [0.25, 0.3) is 0 Å². The Labute approximate surface area is 130 Å². The van der Waals surface area contributed by atoms with E-state index >= 15 is 0 Å². The van der Waals surface area contributed by atoms with Gasteiger partial charge in [-0.05, 0) is 24.3 Å². The van der Waals surface area contributed by atoms with Crippen LogP contribution in [0.3, 0.4) is 0 Å². The average Bonchev–Trinajstić information content (AvgIpc) is 2.50. The van der Waals surface area contributed by atoms with Crippen LogP contribution in [0.25, 0.3) is 0 Å². The lowest BCUT2D eigenvalue weighted by molar-refractivity contribution is -0.350. The van der Waals surface area contributed by atoms with E-state index in [2.05, 4.69) is 4.74 Å². The van der Waals surface area contributed by atoms with Crippen molar-refractivity contribution in [3.8, 4) is 5.75 Å². The molecule has 0 aliphatic carbocycles. The Hall–Kier alpha value is -2.26. The topological polar surface area (TPSA) is 94.1 Å². The SMILES string of the molecule is COCCOCCOC(=O)c1ccc(OC(F)(F)C(=O)[O-])cc1. The summed E-state index contributed by atoms with van der Waals surface area (Å²) in [6.07, 6.45) is -4.46. The molecule has 0 atom stereocenters. The molecule has 0 amide bonds. The van der Waals surface area contributed by atoms with Gasteiger partial charge in [0.1, 0.15) is 12.4 Å². The Bertz CT molecular complexity index is 516. The Kier molecular flexibility index (Phi) is 7.36. The first-order chi connectivity index (χ1) is 10.9. The summed E-state index contributed by atoms with van der Waals surface area (Å²) in [6, 6.07) is 4.36. The molecule has 0 radical (unpaired) electrons. The summed E-state index contributed by atoms with van der Waals surface area (Å²) in [7, 11) is 1.53. The molecule has 0 N–H and O–H groups in total. The monoisotopic (exact) mass is 333 g/mol. The van der Waals surface area contributed by atoms with Gasteiger partial charge in [0.05, 0.1) is 25.4 Å². The molecule has 1 aromatic carbocycles. The van der Waals surface area contributed by atoms with Crippen LogP contribution >= 0.6 is 0 Å². The second kappa shape index (κ2) is 9.01. The van der Waals surface area contributed by atoms with Gasteiger partial charge < -0.3 is 28.8 Å². The Morgan fingerprint density at radius 1 is 1.09 bits per heavy atom. The van der Waals surface area contributed by atoms with Gasteiger partial charge in [-0.2, -0.15) is 8.78 Å². The number of hydrogen-bond donors (Lipinski definition) is 0. The number of rotatable bonds is 10. The first-order valence-corrected chi connectivity index (χ1v) is 6.49. The van der Waals surface area contributed by atoms with E-state index in [1.807, 2.05) is 0 Å². The van der Waals surface area contributed by atoms with Crippen LogP contribution in [0.5, 0.6) is 5.75 Å². The second-order valence-corrected chi connectivity index (χ2v) is 4.17. The molecule has 9 heteroatoms. The van der Waals surface area contributed by atoms with Crippen molar-refractivity contribution in [2.75, 3.05) is 33.5 Å². The molecule has 0 unspecified atom stereocenters. The molecule has 0 heterocycles. The molecule has 0 saturated carbocycles. The highest BCUT2D eigenvalue weighted by atomic mass is 19.3. The molecule has 1 rings (SSSR count). The summed E-state index contributed by atoms with van der Waals surface area (Å²) in [4.78, 5) is 21.8. The van der Waals surface area contributed by atoms with Gasteiger partial charge >= 0.3 is 12.1 Å². The highest BCUT2D eigenvalue weighted by Crippen LogP contribution is 2.21. The van der Waals surface area contributed by atoms with Crippen LogP contribution in [0.2, 0.25) is 0 Å². The third-order valence-electron chi connectivity index (χ3n) is 2.47. The highest BCUT2D eigenvalue weighted by Gasteiger charge is 2.33. The van der Waals surface area contributed by atoms with Gasteiger partial charge in [-0.3, -0.25) is 0 Å². The van der Waals surface area contributed by atoms with Gasteiger partial charge in [-0.15, -0.1) is 0 Å². The molecule has 0 aliphatic rings. The Morgan fingerprint density at radius 3 is 2.26 bits per heavy atom. The van der Waals surface area contributed by atoms with E-state index in [0.717, 1.165) is 24.3 Å². The van der Waals surface area contributed by atoms with Crippen molar-refractivity contribution in [3.63, 3.8) is 0 Å². The number of halogens is 2. The molecule has 7 nitrogen and oxygen atoms in total. The molecule has 0 spiro atoms. The zero-order valence-corrected chi connectivity index (χ0v) is 12.3. The van der Waals surface area contributed by atoms with Crippen molar-refractivity contribution < 1.29 is 42.4 Å². The van der Waals surface area contributed by atoms with Crippen LogP contribution in [0.15, 0.2) is 24.3 Å². The lowest BCUT2D eigenvalue weighted by Gasteiger charge is -2.18. The first-order valence-electron chi connectivity index (χ1n) is 6.49. The number of carbonyl (C=O) groups excluding carboxylic acids is 2. The Morgan fingerprint density at radius 2 is 1.70 bits per heavy atom. The highest BCUT2D eigenvalue weighted by molar-refractivity contribution is 5.89. The number of carboxylic acids is 1. The fourth-order valence-electron chi connectivity index (χ4n) is 1.37. The normalized spacial score (nSPS) is 11.1. The van der Waals surface area contributed by atoms with Gasteiger partial charge in [0, 0.05) is 7.11 Å². The van der Waals surface area contributed by atoms with E-state index < -0.39 is 23.8 Å². The van der Waals surface area contributed by atoms with Gasteiger partial charge in [0.2, 0.25) is 0 Å². The summed E-state index contributed by atoms with van der Waals surface area (Å²) in [5.41, 5.74) is 0.0889. The number of benzene rings is 1. The molecule has 0 fully saturated rings. The molecule has 0 aromatic heterocycles. The summed E-state index contributed by atoms with van der Waals surface area (Å²) in [5.74, 6) is -3.77. The van der Waals surface area contributed by atoms with E-state index in [4.69, 9.17) is 14.2 Å². The largest absolute Gasteiger partial charge is 0.541 e. The van der Waals surface area contributed by atoms with Crippen LogP contribution in [0, 0.1) is 0 Å². The Balaban J connectivity index is 2.43. The second-order valence-electron chi connectivity index (χ2n) is 4.17. The number of carbonyl (C=O) groups is 2. The van der Waals surface area contributed by atoms with E-state index in [1.165, 1.54) is 7.11 Å². The van der Waals surface area contributed by atoms with Crippen molar-refractivity contribution in [1.82, 2.24) is 0 Å². The molecular formula is C14H15F2O7-. The lowest BCUT2D eigenvalue weighted by Crippen LogP contribution is -2.45. The summed E-state index contributed by atoms with van der Waals surface area (Å²) in [6.45, 7) is 0.996.